The molecule has 0 fully saturated rings. The maximum atomic E-state index is 9.37. The number of ether oxygens (including phenoxy) is 1. The predicted octanol–water partition coefficient (Wildman–Crippen LogP) is 2.26. The summed E-state index contributed by atoms with van der Waals surface area (Å²) in [6.45, 7) is 0. The lowest BCUT2D eigenvalue weighted by molar-refractivity contribution is 0.412. The molecule has 0 amide bonds. The minimum absolute atomic E-state index is 0.125. The van der Waals surface area contributed by atoms with Crippen molar-refractivity contribution in [1.82, 2.24) is 0 Å². The third-order valence-electron chi connectivity index (χ3n) is 2.10. The smallest absolute Gasteiger partial charge is 0.130 e. The van der Waals surface area contributed by atoms with Gasteiger partial charge in [-0.05, 0) is 29.7 Å². The molecule has 0 heterocycles. The second-order valence-electron chi connectivity index (χ2n) is 3.05. The largest absolute Gasteiger partial charge is 0.508 e. The molecule has 2 aromatic rings. The summed E-state index contributed by atoms with van der Waals surface area (Å²) in [5, 5.41) is 20.2. The van der Waals surface area contributed by atoms with Crippen LogP contribution in [0.1, 0.15) is 0 Å². The summed E-state index contributed by atoms with van der Waals surface area (Å²) in [5.74, 6) is 0.894. The molecule has 0 radical (unpaired) electrons. The van der Waals surface area contributed by atoms with Gasteiger partial charge in [-0.15, -0.1) is 0 Å². The summed E-state index contributed by atoms with van der Waals surface area (Å²) in [7, 11) is 1.54. The fraction of sp³-hybridized carbons (Fsp3) is 0.0909. The lowest BCUT2D eigenvalue weighted by Crippen LogP contribution is -1.84. The molecule has 0 aliphatic heterocycles. The van der Waals surface area contributed by atoms with Crippen molar-refractivity contribution in [2.75, 3.05) is 7.11 Å². The number of benzene rings is 2. The SMILES string of the molecule is COc1cc(O)cc2cc(O)ccc12. The zero-order valence-corrected chi connectivity index (χ0v) is 7.69. The number of hydrogen-bond donors (Lipinski definition) is 2. The normalized spacial score (nSPS) is 10.4. The summed E-state index contributed by atoms with van der Waals surface area (Å²) < 4.78 is 5.11. The standard InChI is InChI=1S/C11H10O3/c1-14-11-6-9(13)5-7-4-8(12)2-3-10(7)11/h2-6,12-13H,1H3. The van der Waals surface area contributed by atoms with E-state index in [9.17, 15) is 10.2 Å². The first-order valence-corrected chi connectivity index (χ1v) is 4.20. The number of hydrogen-bond acceptors (Lipinski definition) is 3. The third kappa shape index (κ3) is 1.33. The monoisotopic (exact) mass is 190 g/mol. The molecular formula is C11H10O3. The molecular weight excluding hydrogens is 180 g/mol. The minimum Gasteiger partial charge on any atom is -0.508 e. The van der Waals surface area contributed by atoms with Crippen molar-refractivity contribution in [3.05, 3.63) is 30.3 Å². The molecule has 0 atom stereocenters. The highest BCUT2D eigenvalue weighted by Gasteiger charge is 2.04. The van der Waals surface area contributed by atoms with Gasteiger partial charge in [0.2, 0.25) is 0 Å². The summed E-state index contributed by atoms with van der Waals surface area (Å²) in [4.78, 5) is 0. The van der Waals surface area contributed by atoms with E-state index in [1.807, 2.05) is 0 Å². The number of methoxy groups -OCH3 is 1. The van der Waals surface area contributed by atoms with Crippen molar-refractivity contribution in [3.63, 3.8) is 0 Å². The number of aromatic hydroxyl groups is 2. The first-order valence-electron chi connectivity index (χ1n) is 4.20. The highest BCUT2D eigenvalue weighted by molar-refractivity contribution is 5.90. The van der Waals surface area contributed by atoms with Crippen LogP contribution in [0.3, 0.4) is 0 Å². The van der Waals surface area contributed by atoms with Crippen LogP contribution in [-0.2, 0) is 0 Å². The van der Waals surface area contributed by atoms with E-state index in [0.29, 0.717) is 5.75 Å². The molecule has 0 saturated heterocycles. The average Bonchev–Trinajstić information content (AvgIpc) is 2.15. The summed E-state index contributed by atoms with van der Waals surface area (Å²) in [5.41, 5.74) is 0. The Morgan fingerprint density at radius 2 is 1.71 bits per heavy atom. The summed E-state index contributed by atoms with van der Waals surface area (Å²) in [6.07, 6.45) is 0. The molecule has 0 aromatic heterocycles. The van der Waals surface area contributed by atoms with Gasteiger partial charge in [0, 0.05) is 11.5 Å². The zero-order chi connectivity index (χ0) is 10.1. The quantitative estimate of drug-likeness (QED) is 0.725. The van der Waals surface area contributed by atoms with Gasteiger partial charge < -0.3 is 14.9 Å². The van der Waals surface area contributed by atoms with Crippen LogP contribution in [0.2, 0.25) is 0 Å². The topological polar surface area (TPSA) is 49.7 Å². The van der Waals surface area contributed by atoms with E-state index in [0.717, 1.165) is 10.8 Å². The van der Waals surface area contributed by atoms with Crippen LogP contribution in [0.15, 0.2) is 30.3 Å². The van der Waals surface area contributed by atoms with Gasteiger partial charge >= 0.3 is 0 Å². The fourth-order valence-electron chi connectivity index (χ4n) is 1.48. The van der Waals surface area contributed by atoms with E-state index in [1.165, 1.54) is 0 Å². The molecule has 0 spiro atoms. The molecule has 2 rings (SSSR count). The van der Waals surface area contributed by atoms with Crippen LogP contribution in [-0.4, -0.2) is 17.3 Å². The molecule has 2 aromatic carbocycles. The lowest BCUT2D eigenvalue weighted by atomic mass is 10.1. The Morgan fingerprint density at radius 1 is 1.00 bits per heavy atom. The number of fused-ring (bicyclic) bond motifs is 1. The van der Waals surface area contributed by atoms with Crippen molar-refractivity contribution in [2.24, 2.45) is 0 Å². The van der Waals surface area contributed by atoms with E-state index < -0.39 is 0 Å². The van der Waals surface area contributed by atoms with Crippen LogP contribution in [0.4, 0.5) is 0 Å². The van der Waals surface area contributed by atoms with E-state index in [-0.39, 0.29) is 11.5 Å². The van der Waals surface area contributed by atoms with Crippen molar-refractivity contribution in [2.45, 2.75) is 0 Å². The van der Waals surface area contributed by atoms with Crippen molar-refractivity contribution in [1.29, 1.82) is 0 Å². The Morgan fingerprint density at radius 3 is 2.43 bits per heavy atom. The Kier molecular flexibility index (Phi) is 1.93. The molecule has 0 aliphatic carbocycles. The average molecular weight is 190 g/mol. The van der Waals surface area contributed by atoms with Gasteiger partial charge in [-0.1, -0.05) is 0 Å². The van der Waals surface area contributed by atoms with Gasteiger partial charge in [-0.3, -0.25) is 0 Å². The van der Waals surface area contributed by atoms with E-state index in [1.54, 1.807) is 37.4 Å². The number of phenols is 2. The van der Waals surface area contributed by atoms with Crippen LogP contribution < -0.4 is 4.74 Å². The summed E-state index contributed by atoms with van der Waals surface area (Å²) >= 11 is 0. The van der Waals surface area contributed by atoms with Crippen LogP contribution in [0.5, 0.6) is 17.2 Å². The molecule has 0 bridgehead atoms. The first-order chi connectivity index (χ1) is 6.70. The molecule has 14 heavy (non-hydrogen) atoms. The van der Waals surface area contributed by atoms with Gasteiger partial charge in [-0.25, -0.2) is 0 Å². The van der Waals surface area contributed by atoms with Crippen molar-refractivity contribution >= 4 is 10.8 Å². The lowest BCUT2D eigenvalue weighted by Gasteiger charge is -2.06. The Hall–Kier alpha value is -1.90. The second kappa shape index (κ2) is 3.10. The maximum Gasteiger partial charge on any atom is 0.130 e. The van der Waals surface area contributed by atoms with Crippen LogP contribution >= 0.6 is 0 Å². The molecule has 0 aliphatic rings. The fourth-order valence-corrected chi connectivity index (χ4v) is 1.48. The molecule has 72 valence electrons. The van der Waals surface area contributed by atoms with Gasteiger partial charge in [0.05, 0.1) is 7.11 Å². The zero-order valence-electron chi connectivity index (χ0n) is 7.69. The third-order valence-corrected chi connectivity index (χ3v) is 2.10. The second-order valence-corrected chi connectivity index (χ2v) is 3.05. The number of rotatable bonds is 1. The van der Waals surface area contributed by atoms with Gasteiger partial charge in [0.15, 0.2) is 0 Å². The highest BCUT2D eigenvalue weighted by atomic mass is 16.5. The number of phenolic OH excluding ortho intramolecular Hbond substituents is 2. The molecule has 0 unspecified atom stereocenters. The van der Waals surface area contributed by atoms with Crippen LogP contribution in [0, 0.1) is 0 Å². The summed E-state index contributed by atoms with van der Waals surface area (Å²) in [6, 6.07) is 8.04. The molecule has 2 N–H and O–H groups in total. The van der Waals surface area contributed by atoms with E-state index in [4.69, 9.17) is 4.74 Å². The van der Waals surface area contributed by atoms with E-state index in [2.05, 4.69) is 0 Å². The van der Waals surface area contributed by atoms with Crippen LogP contribution in [0.25, 0.3) is 10.8 Å². The van der Waals surface area contributed by atoms with Crippen molar-refractivity contribution in [3.8, 4) is 17.2 Å². The van der Waals surface area contributed by atoms with Gasteiger partial charge in [-0.2, -0.15) is 0 Å². The molecule has 0 saturated carbocycles. The molecule has 3 nitrogen and oxygen atoms in total. The Balaban J connectivity index is 2.81. The van der Waals surface area contributed by atoms with Gasteiger partial charge in [0.25, 0.3) is 0 Å². The first kappa shape index (κ1) is 8.69. The Bertz CT molecular complexity index is 472. The van der Waals surface area contributed by atoms with Crippen molar-refractivity contribution < 1.29 is 14.9 Å². The maximum absolute atomic E-state index is 9.37. The van der Waals surface area contributed by atoms with E-state index >= 15 is 0 Å². The highest BCUT2D eigenvalue weighted by Crippen LogP contribution is 2.32. The predicted molar refractivity (Wildman–Crippen MR) is 53.8 cm³/mol. The molecule has 3 heteroatoms. The minimum atomic E-state index is 0.125. The Labute approximate surface area is 81.2 Å². The van der Waals surface area contributed by atoms with Gasteiger partial charge in [0.1, 0.15) is 17.2 Å².